The Kier molecular flexibility index (Phi) is 10.1. The summed E-state index contributed by atoms with van der Waals surface area (Å²) in [5.74, 6) is 1.04. The molecule has 0 saturated carbocycles. The van der Waals surface area contributed by atoms with Crippen molar-refractivity contribution in [3.05, 3.63) is 143 Å². The fourth-order valence-corrected chi connectivity index (χ4v) is 6.60. The van der Waals surface area contributed by atoms with Crippen molar-refractivity contribution in [1.82, 2.24) is 25.5 Å². The van der Waals surface area contributed by atoms with E-state index < -0.39 is 5.54 Å². The summed E-state index contributed by atoms with van der Waals surface area (Å²) in [7, 11) is -0.228. The van der Waals surface area contributed by atoms with Gasteiger partial charge in [-0.2, -0.15) is 0 Å². The van der Waals surface area contributed by atoms with Crippen molar-refractivity contribution in [2.75, 3.05) is 0 Å². The lowest BCUT2D eigenvalue weighted by atomic mass is 9.76. The Morgan fingerprint density at radius 3 is 1.79 bits per heavy atom. The lowest BCUT2D eigenvalue weighted by molar-refractivity contribution is 0.00578. The van der Waals surface area contributed by atoms with Crippen LogP contribution in [0.3, 0.4) is 0 Å². The van der Waals surface area contributed by atoms with E-state index in [1.54, 1.807) is 12.1 Å². The first-order chi connectivity index (χ1) is 23.2. The lowest BCUT2D eigenvalue weighted by Crippen LogP contribution is -2.47. The molecule has 0 spiro atoms. The molecule has 0 bridgehead atoms. The Morgan fingerprint density at radius 2 is 1.27 bits per heavy atom. The van der Waals surface area contributed by atoms with Crippen LogP contribution in [0.15, 0.2) is 115 Å². The van der Waals surface area contributed by atoms with Crippen LogP contribution in [0, 0.1) is 0 Å². The van der Waals surface area contributed by atoms with Gasteiger partial charge in [-0.3, -0.25) is 5.32 Å². The third-order valence-corrected chi connectivity index (χ3v) is 9.92. The maximum absolute atomic E-state index is 9.78. The van der Waals surface area contributed by atoms with Crippen LogP contribution < -0.4 is 5.32 Å². The number of rotatable bonds is 14. The first-order valence-electron chi connectivity index (χ1n) is 17.0. The van der Waals surface area contributed by atoms with Gasteiger partial charge in [0.1, 0.15) is 5.75 Å². The molecule has 8 nitrogen and oxygen atoms in total. The highest BCUT2D eigenvalue weighted by Gasteiger charge is 2.50. The summed E-state index contributed by atoms with van der Waals surface area (Å²) in [4.78, 5) is 0. The van der Waals surface area contributed by atoms with E-state index in [1.807, 2.05) is 16.8 Å². The molecule has 1 saturated heterocycles. The van der Waals surface area contributed by atoms with Crippen molar-refractivity contribution in [2.24, 2.45) is 0 Å². The summed E-state index contributed by atoms with van der Waals surface area (Å²) in [5.41, 5.74) is 3.12. The number of hydrogen-bond acceptors (Lipinski definition) is 7. The lowest BCUT2D eigenvalue weighted by Gasteiger charge is -2.40. The van der Waals surface area contributed by atoms with E-state index in [2.05, 4.69) is 140 Å². The van der Waals surface area contributed by atoms with Gasteiger partial charge in [0.25, 0.3) is 0 Å². The van der Waals surface area contributed by atoms with Gasteiger partial charge in [-0.25, -0.2) is 4.68 Å². The van der Waals surface area contributed by atoms with Crippen LogP contribution in [-0.4, -0.2) is 43.6 Å². The summed E-state index contributed by atoms with van der Waals surface area (Å²) in [6.45, 7) is 9.00. The average Bonchev–Trinajstić information content (AvgIpc) is 3.65. The van der Waals surface area contributed by atoms with E-state index in [4.69, 9.17) is 9.31 Å². The van der Waals surface area contributed by atoms with Gasteiger partial charge >= 0.3 is 7.12 Å². The molecule has 2 N–H and O–H groups in total. The molecule has 1 unspecified atom stereocenters. The van der Waals surface area contributed by atoms with Gasteiger partial charge < -0.3 is 14.4 Å². The summed E-state index contributed by atoms with van der Waals surface area (Å²) in [6.07, 6.45) is 4.19. The summed E-state index contributed by atoms with van der Waals surface area (Å²) in [6, 6.07) is 39.0. The van der Waals surface area contributed by atoms with E-state index in [0.717, 1.165) is 60.1 Å². The van der Waals surface area contributed by atoms with E-state index in [0.29, 0.717) is 6.54 Å². The van der Waals surface area contributed by atoms with Crippen molar-refractivity contribution in [3.8, 4) is 5.75 Å². The molecule has 1 atom stereocenters. The number of nitrogens with zero attached hydrogens (tertiary/aromatic N) is 4. The average molecular weight is 644 g/mol. The fourth-order valence-electron chi connectivity index (χ4n) is 6.60. The van der Waals surface area contributed by atoms with E-state index >= 15 is 0 Å². The van der Waals surface area contributed by atoms with Crippen LogP contribution in [0.25, 0.3) is 0 Å². The molecule has 1 fully saturated rings. The molecule has 48 heavy (non-hydrogen) atoms. The molecule has 4 aromatic carbocycles. The Hall–Kier alpha value is -4.31. The number of unbranched alkanes of at least 4 members (excludes halogenated alkanes) is 1. The molecule has 5 aromatic rings. The van der Waals surface area contributed by atoms with Crippen molar-refractivity contribution in [1.29, 1.82) is 0 Å². The Morgan fingerprint density at radius 1 is 0.750 bits per heavy atom. The summed E-state index contributed by atoms with van der Waals surface area (Å²) >= 11 is 0. The molecule has 0 aliphatic carbocycles. The fraction of sp³-hybridized carbons (Fsp3) is 0.359. The number of tetrazole rings is 1. The number of benzene rings is 4. The van der Waals surface area contributed by atoms with Crippen LogP contribution in [0.4, 0.5) is 0 Å². The number of aromatic hydroxyl groups is 1. The molecule has 0 amide bonds. The minimum absolute atomic E-state index is 0.196. The number of nitrogens with one attached hydrogen (secondary N) is 1. The number of aryl methyl sites for hydroxylation is 2. The van der Waals surface area contributed by atoms with Gasteiger partial charge in [-0.1, -0.05) is 116 Å². The normalized spacial score (nSPS) is 16.2. The maximum Gasteiger partial charge on any atom is 0.457 e. The standard InChI is InChI=1S/C39H46BN5O3/c1-37(2)38(3,4)48-40(47-37)28-15-14-22-35(36-42-43-44-45(36)29-27-30-23-25-34(46)26-24-30)41-39(31-16-8-5-9-17-31,32-18-10-6-11-19-32)33-20-12-7-13-21-33/h5-13,16-21,23-26,35,41,46H,14-15,22,27-29H2,1-4H3. The first kappa shape index (κ1) is 33.6. The van der Waals surface area contributed by atoms with Crippen LogP contribution in [-0.2, 0) is 27.8 Å². The Bertz CT molecular complexity index is 1620. The van der Waals surface area contributed by atoms with E-state index in [1.165, 1.54) is 0 Å². The van der Waals surface area contributed by atoms with Gasteiger partial charge in [0.2, 0.25) is 0 Å². The third kappa shape index (κ3) is 7.23. The highest BCUT2D eigenvalue weighted by molar-refractivity contribution is 6.45. The number of phenols is 1. The largest absolute Gasteiger partial charge is 0.508 e. The number of aromatic nitrogens is 4. The first-order valence-corrected chi connectivity index (χ1v) is 17.0. The van der Waals surface area contributed by atoms with E-state index in [9.17, 15) is 5.11 Å². The van der Waals surface area contributed by atoms with Crippen molar-refractivity contribution >= 4 is 7.12 Å². The van der Waals surface area contributed by atoms with Gasteiger partial charge in [0.05, 0.1) is 22.8 Å². The highest BCUT2D eigenvalue weighted by Crippen LogP contribution is 2.41. The zero-order valence-corrected chi connectivity index (χ0v) is 28.4. The zero-order valence-electron chi connectivity index (χ0n) is 28.4. The highest BCUT2D eigenvalue weighted by atomic mass is 16.7. The number of phenolic OH excluding ortho intramolecular Hbond substituents is 1. The van der Waals surface area contributed by atoms with Crippen LogP contribution in [0.1, 0.15) is 81.1 Å². The smallest absolute Gasteiger partial charge is 0.457 e. The monoisotopic (exact) mass is 643 g/mol. The number of hydrogen-bond donors (Lipinski definition) is 2. The molecule has 9 heteroatoms. The van der Waals surface area contributed by atoms with Gasteiger partial charge in [0.15, 0.2) is 5.82 Å². The molecule has 6 rings (SSSR count). The minimum atomic E-state index is -0.687. The van der Waals surface area contributed by atoms with Crippen molar-refractivity contribution < 1.29 is 14.4 Å². The molecule has 1 aliphatic rings. The predicted octanol–water partition coefficient (Wildman–Crippen LogP) is 7.51. The van der Waals surface area contributed by atoms with Crippen LogP contribution in [0.5, 0.6) is 5.75 Å². The minimum Gasteiger partial charge on any atom is -0.508 e. The molecule has 248 valence electrons. The second-order valence-corrected chi connectivity index (χ2v) is 13.7. The molecule has 1 aliphatic heterocycles. The van der Waals surface area contributed by atoms with E-state index in [-0.39, 0.29) is 30.1 Å². The molecular formula is C39H46BN5O3. The molecular weight excluding hydrogens is 597 g/mol. The quantitative estimate of drug-likeness (QED) is 0.0735. The third-order valence-electron chi connectivity index (χ3n) is 9.92. The SMILES string of the molecule is CC1(C)OB(CCCCC(NC(c2ccccc2)(c2ccccc2)c2ccccc2)c2nnnn2CCc2ccc(O)cc2)OC1(C)C. The molecule has 0 radical (unpaired) electrons. The van der Waals surface area contributed by atoms with Crippen LogP contribution in [0.2, 0.25) is 6.32 Å². The Balaban J connectivity index is 1.34. The topological polar surface area (TPSA) is 94.3 Å². The summed E-state index contributed by atoms with van der Waals surface area (Å²) < 4.78 is 14.5. The summed E-state index contributed by atoms with van der Waals surface area (Å²) in [5, 5.41) is 27.2. The van der Waals surface area contributed by atoms with Crippen LogP contribution >= 0.6 is 0 Å². The molecule has 2 heterocycles. The zero-order chi connectivity index (χ0) is 33.6. The van der Waals surface area contributed by atoms with Gasteiger partial charge in [-0.15, -0.1) is 5.10 Å². The second-order valence-electron chi connectivity index (χ2n) is 13.7. The second kappa shape index (κ2) is 14.4. The predicted molar refractivity (Wildman–Crippen MR) is 189 cm³/mol. The maximum atomic E-state index is 9.78. The van der Waals surface area contributed by atoms with Crippen molar-refractivity contribution in [2.45, 2.75) is 89.0 Å². The molecule has 1 aromatic heterocycles. The Labute approximate surface area is 284 Å². The van der Waals surface area contributed by atoms with Gasteiger partial charge in [-0.05, 0) is 91.7 Å². The van der Waals surface area contributed by atoms with Crippen molar-refractivity contribution in [3.63, 3.8) is 0 Å². The van der Waals surface area contributed by atoms with Gasteiger partial charge in [0, 0.05) is 6.54 Å².